The first-order valence-corrected chi connectivity index (χ1v) is 6.91. The van der Waals surface area contributed by atoms with E-state index >= 15 is 0 Å². The van der Waals surface area contributed by atoms with Crippen LogP contribution in [0, 0.1) is 6.92 Å². The summed E-state index contributed by atoms with van der Waals surface area (Å²) in [7, 11) is -5.37. The molecule has 0 amide bonds. The summed E-state index contributed by atoms with van der Waals surface area (Å²) < 4.78 is 113. The van der Waals surface area contributed by atoms with Crippen molar-refractivity contribution in [3.05, 3.63) is 29.8 Å². The minimum absolute atomic E-state index is 0.501. The molecule has 0 unspecified atom stereocenters. The minimum Gasteiger partial charge on any atom is -0.338 e. The topological polar surface area (TPSA) is 60.4 Å². The molecule has 1 rings (SSSR count). The van der Waals surface area contributed by atoms with Crippen LogP contribution in [0.2, 0.25) is 0 Å². The normalized spacial score (nSPS) is 13.7. The molecule has 12 heteroatoms. The number of hydrogen-bond acceptors (Lipinski definition) is 4. The summed E-state index contributed by atoms with van der Waals surface area (Å²) in [4.78, 5) is 10.1. The lowest BCUT2D eigenvalue weighted by atomic mass is 10.1. The van der Waals surface area contributed by atoms with Gasteiger partial charge >= 0.3 is 34.1 Å². The van der Waals surface area contributed by atoms with Gasteiger partial charge in [-0.2, -0.15) is 34.8 Å². The maximum Gasteiger partial charge on any atom is 0.443 e. The van der Waals surface area contributed by atoms with Crippen molar-refractivity contribution < 1.29 is 48.1 Å². The molecule has 0 aliphatic rings. The van der Waals surface area contributed by atoms with Crippen molar-refractivity contribution in [1.82, 2.24) is 0 Å². The monoisotopic (exact) mass is 368 g/mol. The average molecular weight is 368 g/mol. The Hall–Kier alpha value is -1.85. The van der Waals surface area contributed by atoms with Crippen molar-refractivity contribution in [3.8, 4) is 0 Å². The molecule has 4 nitrogen and oxygen atoms in total. The van der Waals surface area contributed by atoms with E-state index in [-0.39, 0.29) is 0 Å². The molecule has 23 heavy (non-hydrogen) atoms. The van der Waals surface area contributed by atoms with Crippen molar-refractivity contribution in [2.24, 2.45) is 0 Å². The third-order valence-corrected chi connectivity index (χ3v) is 3.78. The third-order valence-electron chi connectivity index (χ3n) is 2.56. The summed E-state index contributed by atoms with van der Waals surface area (Å²) in [6, 6.07) is 3.80. The SMILES string of the molecule is Cc1ccc(S(=O)(=O)OC(=O)C(F)(C(F)(F)F)C(F)(F)F)cc1. The Bertz CT molecular complexity index is 675. The minimum atomic E-state index is -6.76. The Morgan fingerprint density at radius 2 is 1.30 bits per heavy atom. The number of hydrogen-bond donors (Lipinski definition) is 0. The highest BCUT2D eigenvalue weighted by atomic mass is 32.2. The van der Waals surface area contributed by atoms with Gasteiger partial charge < -0.3 is 4.18 Å². The standard InChI is InChI=1S/C11H7F7O4S/c1-6-2-4-7(5-3-6)23(20,21)22-8(19)9(12,10(13,14)15)11(16,17)18/h2-5H,1H3. The number of rotatable bonds is 3. The van der Waals surface area contributed by atoms with E-state index < -0.39 is 39.0 Å². The summed E-state index contributed by atoms with van der Waals surface area (Å²) in [5.41, 5.74) is -5.97. The van der Waals surface area contributed by atoms with Crippen LogP contribution in [0.25, 0.3) is 0 Å². The fraction of sp³-hybridized carbons (Fsp3) is 0.364. The lowest BCUT2D eigenvalue weighted by Gasteiger charge is -2.27. The van der Waals surface area contributed by atoms with Crippen molar-refractivity contribution in [2.45, 2.75) is 29.8 Å². The summed E-state index contributed by atoms with van der Waals surface area (Å²) in [6.07, 6.45) is -13.5. The molecule has 1 aromatic rings. The molecule has 0 atom stereocenters. The van der Waals surface area contributed by atoms with Crippen LogP contribution in [0.3, 0.4) is 0 Å². The predicted octanol–water partition coefficient (Wildman–Crippen LogP) is 3.06. The molecule has 0 heterocycles. The molecule has 0 spiro atoms. The number of halogens is 7. The van der Waals surface area contributed by atoms with Gasteiger partial charge in [-0.25, -0.2) is 9.18 Å². The summed E-state index contributed by atoms with van der Waals surface area (Å²) >= 11 is 0. The van der Waals surface area contributed by atoms with Gasteiger partial charge in [0.2, 0.25) is 0 Å². The second-order valence-electron chi connectivity index (χ2n) is 4.29. The first kappa shape index (κ1) is 19.2. The quantitative estimate of drug-likeness (QED) is 0.608. The zero-order valence-corrected chi connectivity index (χ0v) is 11.8. The molecule has 0 aromatic heterocycles. The van der Waals surface area contributed by atoms with Gasteiger partial charge in [0.15, 0.2) is 0 Å². The Kier molecular flexibility index (Phi) is 4.72. The van der Waals surface area contributed by atoms with E-state index in [0.717, 1.165) is 24.3 Å². The van der Waals surface area contributed by atoms with E-state index in [1.54, 1.807) is 0 Å². The molecule has 0 saturated heterocycles. The van der Waals surface area contributed by atoms with Crippen molar-refractivity contribution in [2.75, 3.05) is 0 Å². The average Bonchev–Trinajstić information content (AvgIpc) is 2.34. The van der Waals surface area contributed by atoms with Crippen LogP contribution in [-0.2, 0) is 19.1 Å². The van der Waals surface area contributed by atoms with Crippen LogP contribution in [0.15, 0.2) is 29.2 Å². The van der Waals surface area contributed by atoms with Crippen LogP contribution >= 0.6 is 0 Å². The molecule has 0 saturated carbocycles. The van der Waals surface area contributed by atoms with Crippen molar-refractivity contribution in [1.29, 1.82) is 0 Å². The summed E-state index contributed by atoms with van der Waals surface area (Å²) in [6.45, 7) is 1.50. The first-order valence-electron chi connectivity index (χ1n) is 5.51. The molecular formula is C11H7F7O4S. The molecule has 1 aromatic carbocycles. The Balaban J connectivity index is 3.25. The van der Waals surface area contributed by atoms with Gasteiger partial charge in [-0.1, -0.05) is 17.7 Å². The van der Waals surface area contributed by atoms with Gasteiger partial charge in [-0.05, 0) is 19.1 Å². The molecule has 0 fully saturated rings. The van der Waals surface area contributed by atoms with Crippen molar-refractivity contribution in [3.63, 3.8) is 0 Å². The fourth-order valence-corrected chi connectivity index (χ4v) is 2.18. The smallest absolute Gasteiger partial charge is 0.338 e. The van der Waals surface area contributed by atoms with Gasteiger partial charge in [0.25, 0.3) is 0 Å². The van der Waals surface area contributed by atoms with E-state index in [1.165, 1.54) is 6.92 Å². The maximum absolute atomic E-state index is 13.3. The summed E-state index contributed by atoms with van der Waals surface area (Å²) in [5, 5.41) is 0. The van der Waals surface area contributed by atoms with Crippen LogP contribution < -0.4 is 0 Å². The van der Waals surface area contributed by atoms with E-state index in [2.05, 4.69) is 4.18 Å². The zero-order chi connectivity index (χ0) is 18.3. The highest BCUT2D eigenvalue weighted by Gasteiger charge is 2.79. The van der Waals surface area contributed by atoms with Crippen LogP contribution in [0.4, 0.5) is 30.7 Å². The predicted molar refractivity (Wildman–Crippen MR) is 60.4 cm³/mol. The van der Waals surface area contributed by atoms with E-state index in [9.17, 15) is 43.9 Å². The summed E-state index contributed by atoms with van der Waals surface area (Å²) in [5.74, 6) is -3.64. The van der Waals surface area contributed by atoms with E-state index in [1.807, 2.05) is 0 Å². The van der Waals surface area contributed by atoms with Gasteiger partial charge in [0.1, 0.15) is 4.90 Å². The highest BCUT2D eigenvalue weighted by molar-refractivity contribution is 7.87. The van der Waals surface area contributed by atoms with Gasteiger partial charge in [0, 0.05) is 0 Å². The van der Waals surface area contributed by atoms with Gasteiger partial charge in [-0.3, -0.25) is 0 Å². The lowest BCUT2D eigenvalue weighted by Crippen LogP contribution is -2.59. The maximum atomic E-state index is 13.3. The molecular weight excluding hydrogens is 361 g/mol. The number of benzene rings is 1. The number of carbonyl (C=O) groups is 1. The number of aryl methyl sites for hydroxylation is 1. The Morgan fingerprint density at radius 3 is 1.65 bits per heavy atom. The molecule has 0 N–H and O–H groups in total. The molecule has 0 bridgehead atoms. The lowest BCUT2D eigenvalue weighted by molar-refractivity contribution is -0.330. The second kappa shape index (κ2) is 5.65. The van der Waals surface area contributed by atoms with Crippen molar-refractivity contribution >= 4 is 16.1 Å². The zero-order valence-electron chi connectivity index (χ0n) is 11.0. The van der Waals surface area contributed by atoms with Crippen LogP contribution in [0.5, 0.6) is 0 Å². The van der Waals surface area contributed by atoms with E-state index in [4.69, 9.17) is 0 Å². The fourth-order valence-electron chi connectivity index (χ4n) is 1.30. The van der Waals surface area contributed by atoms with Gasteiger partial charge in [0.05, 0.1) is 0 Å². The number of alkyl halides is 7. The van der Waals surface area contributed by atoms with Crippen LogP contribution in [-0.4, -0.2) is 32.4 Å². The largest absolute Gasteiger partial charge is 0.443 e. The van der Waals surface area contributed by atoms with Crippen LogP contribution in [0.1, 0.15) is 5.56 Å². The molecule has 130 valence electrons. The molecule has 0 aliphatic carbocycles. The Labute approximate surface area is 125 Å². The second-order valence-corrected chi connectivity index (χ2v) is 5.84. The Morgan fingerprint density at radius 1 is 0.913 bits per heavy atom. The molecule has 0 aliphatic heterocycles. The van der Waals surface area contributed by atoms with E-state index in [0.29, 0.717) is 5.56 Å². The van der Waals surface area contributed by atoms with Gasteiger partial charge in [-0.15, -0.1) is 0 Å². The molecule has 0 radical (unpaired) electrons. The first-order chi connectivity index (χ1) is 10.1. The number of carbonyl (C=O) groups excluding carboxylic acids is 1. The third kappa shape index (κ3) is 3.57. The highest BCUT2D eigenvalue weighted by Crippen LogP contribution is 2.47.